The molecule has 1 aliphatic carbocycles. The smallest absolute Gasteiger partial charge is 0.323 e. The Bertz CT molecular complexity index is 1080. The Morgan fingerprint density at radius 2 is 1.91 bits per heavy atom. The Balaban J connectivity index is 1.53. The molecule has 9 nitrogen and oxygen atoms in total. The lowest BCUT2D eigenvalue weighted by molar-refractivity contribution is -0.128. The van der Waals surface area contributed by atoms with E-state index in [2.05, 4.69) is 27.5 Å². The molecule has 2 aromatic rings. The topological polar surface area (TPSA) is 133 Å². The maximum Gasteiger partial charge on any atom is 0.323 e. The number of aromatic amines is 2. The first-order chi connectivity index (χ1) is 15.3. The standard InChI is InChI=1S/C23H30N4O5/c1-3-18-19(17(28)12-32-18)27-21(30)16(11-23(2)8-4-5-9-23)24-20(29)13-6-7-14-15(10-13)26-22(31)25-14/h6-7,10,16,18-19H,3-5,8-9,11-12H2,1-2H3,(H,24,29)(H,27,30)(H2,25,26,31)/t16-,18-,19-/m0/s1. The molecule has 2 heterocycles. The van der Waals surface area contributed by atoms with Crippen molar-refractivity contribution in [2.24, 2.45) is 5.41 Å². The number of imidazole rings is 1. The number of hydrogen-bond donors (Lipinski definition) is 4. The third-order valence-corrected chi connectivity index (χ3v) is 6.77. The summed E-state index contributed by atoms with van der Waals surface area (Å²) in [5, 5.41) is 5.70. The van der Waals surface area contributed by atoms with Gasteiger partial charge in [-0.25, -0.2) is 4.79 Å². The van der Waals surface area contributed by atoms with Crippen LogP contribution in [0, 0.1) is 5.41 Å². The molecule has 9 heteroatoms. The molecule has 0 radical (unpaired) electrons. The summed E-state index contributed by atoms with van der Waals surface area (Å²) in [5.74, 6) is -0.925. The quantitative estimate of drug-likeness (QED) is 0.519. The Hall–Kier alpha value is -2.94. The highest BCUT2D eigenvalue weighted by molar-refractivity contribution is 6.00. The van der Waals surface area contributed by atoms with Gasteiger partial charge in [0.25, 0.3) is 5.91 Å². The van der Waals surface area contributed by atoms with Crippen LogP contribution < -0.4 is 16.3 Å². The Morgan fingerprint density at radius 3 is 2.62 bits per heavy atom. The van der Waals surface area contributed by atoms with Gasteiger partial charge in [0.1, 0.15) is 18.7 Å². The van der Waals surface area contributed by atoms with Crippen molar-refractivity contribution in [1.82, 2.24) is 20.6 Å². The van der Waals surface area contributed by atoms with Crippen molar-refractivity contribution < 1.29 is 19.1 Å². The van der Waals surface area contributed by atoms with Crippen LogP contribution in [-0.2, 0) is 14.3 Å². The molecule has 2 aliphatic rings. The molecule has 4 N–H and O–H groups in total. The number of benzene rings is 1. The van der Waals surface area contributed by atoms with Crippen molar-refractivity contribution in [1.29, 1.82) is 0 Å². The summed E-state index contributed by atoms with van der Waals surface area (Å²) in [6.07, 6.45) is 4.94. The molecule has 2 amide bonds. The Morgan fingerprint density at radius 1 is 1.19 bits per heavy atom. The fourth-order valence-electron chi connectivity index (χ4n) is 4.91. The molecule has 3 atom stereocenters. The maximum absolute atomic E-state index is 13.2. The average Bonchev–Trinajstić information content (AvgIpc) is 3.45. The Kier molecular flexibility index (Phi) is 6.19. The number of amides is 2. The molecular formula is C23H30N4O5. The summed E-state index contributed by atoms with van der Waals surface area (Å²) in [4.78, 5) is 55.3. The number of H-pyrrole nitrogens is 2. The van der Waals surface area contributed by atoms with Gasteiger partial charge in [-0.05, 0) is 49.3 Å². The molecular weight excluding hydrogens is 412 g/mol. The van der Waals surface area contributed by atoms with Crippen molar-refractivity contribution in [3.05, 3.63) is 34.2 Å². The molecule has 1 aliphatic heterocycles. The fraction of sp³-hybridized carbons (Fsp3) is 0.565. The van der Waals surface area contributed by atoms with Gasteiger partial charge in [0.05, 0.1) is 17.1 Å². The highest BCUT2D eigenvalue weighted by Gasteiger charge is 2.39. The van der Waals surface area contributed by atoms with E-state index in [1.807, 2.05) is 6.92 Å². The highest BCUT2D eigenvalue weighted by atomic mass is 16.5. The SMILES string of the molecule is CC[C@@H]1OCC(=O)[C@@H]1NC(=O)[C@H](CC1(C)CCCC1)NC(=O)c1ccc2[nH]c(=O)[nH]c2c1. The number of hydrogen-bond acceptors (Lipinski definition) is 5. The van der Waals surface area contributed by atoms with E-state index in [0.717, 1.165) is 25.7 Å². The van der Waals surface area contributed by atoms with Crippen LogP contribution in [0.1, 0.15) is 62.7 Å². The van der Waals surface area contributed by atoms with E-state index < -0.39 is 18.0 Å². The first-order valence-corrected chi connectivity index (χ1v) is 11.3. The highest BCUT2D eigenvalue weighted by Crippen LogP contribution is 2.41. The zero-order valence-electron chi connectivity index (χ0n) is 18.5. The zero-order valence-corrected chi connectivity index (χ0v) is 18.5. The van der Waals surface area contributed by atoms with Crippen LogP contribution in [0.25, 0.3) is 11.0 Å². The van der Waals surface area contributed by atoms with Crippen molar-refractivity contribution in [2.75, 3.05) is 6.61 Å². The second-order valence-corrected chi connectivity index (χ2v) is 9.30. The summed E-state index contributed by atoms with van der Waals surface area (Å²) in [6.45, 7) is 4.04. The van der Waals surface area contributed by atoms with Gasteiger partial charge in [-0.15, -0.1) is 0 Å². The molecule has 1 aromatic heterocycles. The molecule has 172 valence electrons. The second-order valence-electron chi connectivity index (χ2n) is 9.30. The largest absolute Gasteiger partial charge is 0.368 e. The second kappa shape index (κ2) is 8.90. The van der Waals surface area contributed by atoms with E-state index in [1.54, 1.807) is 18.2 Å². The third kappa shape index (κ3) is 4.62. The van der Waals surface area contributed by atoms with Crippen molar-refractivity contribution in [3.63, 3.8) is 0 Å². The lowest BCUT2D eigenvalue weighted by atomic mass is 9.81. The van der Waals surface area contributed by atoms with Gasteiger partial charge >= 0.3 is 5.69 Å². The number of Topliss-reactive ketones (excluding diaryl/α,β-unsaturated/α-hetero) is 1. The van der Waals surface area contributed by atoms with Crippen LogP contribution in [0.5, 0.6) is 0 Å². The summed E-state index contributed by atoms with van der Waals surface area (Å²) in [6, 6.07) is 3.36. The molecule has 1 saturated carbocycles. The van der Waals surface area contributed by atoms with Crippen LogP contribution in [0.4, 0.5) is 0 Å². The molecule has 2 fully saturated rings. The minimum absolute atomic E-state index is 0.00687. The van der Waals surface area contributed by atoms with Gasteiger partial charge in [0.2, 0.25) is 5.91 Å². The number of aromatic nitrogens is 2. The van der Waals surface area contributed by atoms with Gasteiger partial charge in [-0.3, -0.25) is 14.4 Å². The van der Waals surface area contributed by atoms with Crippen LogP contribution >= 0.6 is 0 Å². The summed E-state index contributed by atoms with van der Waals surface area (Å²) in [5.41, 5.74) is 1.06. The van der Waals surface area contributed by atoms with Gasteiger partial charge < -0.3 is 25.3 Å². The van der Waals surface area contributed by atoms with Gasteiger partial charge in [-0.1, -0.05) is 26.7 Å². The Labute approximate surface area is 185 Å². The molecule has 4 rings (SSSR count). The lowest BCUT2D eigenvalue weighted by Gasteiger charge is -2.30. The van der Waals surface area contributed by atoms with Crippen LogP contribution in [0.2, 0.25) is 0 Å². The number of ketones is 1. The minimum atomic E-state index is -0.780. The number of carbonyl (C=O) groups is 3. The molecule has 1 saturated heterocycles. The molecule has 0 spiro atoms. The fourth-order valence-corrected chi connectivity index (χ4v) is 4.91. The third-order valence-electron chi connectivity index (χ3n) is 6.77. The number of fused-ring (bicyclic) bond motifs is 1. The lowest BCUT2D eigenvalue weighted by Crippen LogP contribution is -2.54. The van der Waals surface area contributed by atoms with E-state index in [0.29, 0.717) is 29.4 Å². The van der Waals surface area contributed by atoms with Crippen molar-refractivity contribution in [2.45, 2.75) is 70.6 Å². The van der Waals surface area contributed by atoms with E-state index in [1.165, 1.54) is 0 Å². The summed E-state index contributed by atoms with van der Waals surface area (Å²) >= 11 is 0. The van der Waals surface area contributed by atoms with Crippen LogP contribution in [0.3, 0.4) is 0 Å². The molecule has 0 unspecified atom stereocenters. The zero-order chi connectivity index (χ0) is 22.9. The van der Waals surface area contributed by atoms with E-state index in [-0.39, 0.29) is 35.5 Å². The first-order valence-electron chi connectivity index (χ1n) is 11.3. The monoisotopic (exact) mass is 442 g/mol. The van der Waals surface area contributed by atoms with Crippen molar-refractivity contribution >= 4 is 28.6 Å². The molecule has 32 heavy (non-hydrogen) atoms. The van der Waals surface area contributed by atoms with Crippen molar-refractivity contribution in [3.8, 4) is 0 Å². The summed E-state index contributed by atoms with van der Waals surface area (Å²) in [7, 11) is 0. The van der Waals surface area contributed by atoms with Gasteiger partial charge in [0, 0.05) is 5.56 Å². The average molecular weight is 443 g/mol. The van der Waals surface area contributed by atoms with E-state index >= 15 is 0 Å². The number of carbonyl (C=O) groups excluding carboxylic acids is 3. The predicted octanol–water partition coefficient (Wildman–Crippen LogP) is 1.79. The number of nitrogens with one attached hydrogen (secondary N) is 4. The first kappa shape index (κ1) is 22.3. The molecule has 1 aromatic carbocycles. The van der Waals surface area contributed by atoms with Gasteiger partial charge in [0.15, 0.2) is 5.78 Å². The van der Waals surface area contributed by atoms with Gasteiger partial charge in [-0.2, -0.15) is 0 Å². The number of ether oxygens (including phenoxy) is 1. The van der Waals surface area contributed by atoms with E-state index in [9.17, 15) is 19.2 Å². The molecule has 0 bridgehead atoms. The number of rotatable bonds is 7. The van der Waals surface area contributed by atoms with Crippen LogP contribution in [-0.4, -0.2) is 52.4 Å². The normalized spacial score (nSPS) is 23.4. The minimum Gasteiger partial charge on any atom is -0.368 e. The predicted molar refractivity (Wildman–Crippen MR) is 118 cm³/mol. The maximum atomic E-state index is 13.2. The summed E-state index contributed by atoms with van der Waals surface area (Å²) < 4.78 is 5.47. The van der Waals surface area contributed by atoms with Crippen LogP contribution in [0.15, 0.2) is 23.0 Å². The van der Waals surface area contributed by atoms with E-state index in [4.69, 9.17) is 4.74 Å².